The molecule has 0 bridgehead atoms. The lowest BCUT2D eigenvalue weighted by Crippen LogP contribution is -2.62. The van der Waals surface area contributed by atoms with Crippen LogP contribution >= 0.6 is 0 Å². The number of primary amides is 1. The lowest BCUT2D eigenvalue weighted by Gasteiger charge is -2.38. The van der Waals surface area contributed by atoms with Crippen molar-refractivity contribution in [3.05, 3.63) is 0 Å². The third-order valence-corrected chi connectivity index (χ3v) is 9.87. The van der Waals surface area contributed by atoms with Gasteiger partial charge in [0.25, 0.3) is 5.91 Å². The summed E-state index contributed by atoms with van der Waals surface area (Å²) in [6.07, 6.45) is 4.09. The Morgan fingerprint density at radius 3 is 2.16 bits per heavy atom. The van der Waals surface area contributed by atoms with Gasteiger partial charge in [-0.1, -0.05) is 53.9 Å². The highest BCUT2D eigenvalue weighted by molar-refractivity contribution is 6.37. The van der Waals surface area contributed by atoms with Crippen molar-refractivity contribution in [2.45, 2.75) is 97.3 Å². The minimum absolute atomic E-state index is 0.0578. The van der Waals surface area contributed by atoms with Crippen molar-refractivity contribution >= 4 is 35.7 Å². The summed E-state index contributed by atoms with van der Waals surface area (Å²) in [4.78, 5) is 78.5. The van der Waals surface area contributed by atoms with Gasteiger partial charge in [-0.05, 0) is 53.8 Å². The summed E-state index contributed by atoms with van der Waals surface area (Å²) in [5.41, 5.74) is 4.37. The molecular weight excluding hydrogens is 558 g/mol. The number of carbonyl (C=O) groups is 6. The Bertz CT molecular complexity index is 1140. The number of methoxy groups -OCH3 is 1. The van der Waals surface area contributed by atoms with Crippen LogP contribution in [0.1, 0.15) is 73.1 Å². The van der Waals surface area contributed by atoms with Crippen molar-refractivity contribution in [3.63, 3.8) is 0 Å². The maximum Gasteiger partial charge on any atom is 0.508 e. The van der Waals surface area contributed by atoms with Gasteiger partial charge in [0.15, 0.2) is 0 Å². The first-order valence-electron chi connectivity index (χ1n) is 15.3. The van der Waals surface area contributed by atoms with Crippen molar-refractivity contribution in [3.8, 4) is 0 Å². The van der Waals surface area contributed by atoms with E-state index in [0.29, 0.717) is 13.0 Å². The average Bonchev–Trinajstić information content (AvgIpc) is 3.74. The van der Waals surface area contributed by atoms with Gasteiger partial charge in [-0.2, -0.15) is 0 Å². The molecule has 13 nitrogen and oxygen atoms in total. The van der Waals surface area contributed by atoms with Gasteiger partial charge in [0.05, 0.1) is 19.2 Å². The van der Waals surface area contributed by atoms with E-state index in [1.807, 2.05) is 34.6 Å². The van der Waals surface area contributed by atoms with Gasteiger partial charge >= 0.3 is 12.2 Å². The fraction of sp³-hybridized carbons (Fsp3) is 0.800. The van der Waals surface area contributed by atoms with Gasteiger partial charge < -0.3 is 36.1 Å². The summed E-state index contributed by atoms with van der Waals surface area (Å²) in [6, 6.07) is -3.91. The highest BCUT2D eigenvalue weighted by Gasteiger charge is 2.70. The largest absolute Gasteiger partial charge is 0.508 e. The smallest absolute Gasteiger partial charge is 0.438 e. The molecule has 1 saturated heterocycles. The predicted octanol–water partition coefficient (Wildman–Crippen LogP) is 1.47. The number of piperidine rings is 1. The molecule has 6 atom stereocenters. The first-order valence-corrected chi connectivity index (χ1v) is 15.3. The number of amides is 5. The second kappa shape index (κ2) is 12.3. The highest BCUT2D eigenvalue weighted by atomic mass is 16.7. The molecule has 4 rings (SSSR count). The number of hydrogen-bond donors (Lipinski definition) is 4. The maximum atomic E-state index is 14.2. The molecule has 13 heteroatoms. The summed E-state index contributed by atoms with van der Waals surface area (Å²) in [5, 5.41) is 8.45. The maximum absolute atomic E-state index is 14.2. The van der Waals surface area contributed by atoms with Crippen molar-refractivity contribution in [1.29, 1.82) is 0 Å². The first kappa shape index (κ1) is 32.5. The van der Waals surface area contributed by atoms with Crippen LogP contribution < -0.4 is 21.7 Å². The highest BCUT2D eigenvalue weighted by Crippen LogP contribution is 2.65. The fourth-order valence-corrected chi connectivity index (χ4v) is 6.67. The SMILES string of the molecule is COC(=O)OC[C@@H](NC(=O)NC(C(=O)N1C[C@H]2[C@@H](C1C(=O)NC(CC1CC1)C(=O)C(N)=O)C2(C)C)C(C)(C)C)C1CCC1. The molecule has 1 aliphatic heterocycles. The second-order valence-electron chi connectivity index (χ2n) is 14.3. The predicted molar refractivity (Wildman–Crippen MR) is 154 cm³/mol. The number of Topliss-reactive ketones (excluding diaryl/α,β-unsaturated/α-hetero) is 1. The molecule has 3 unspecified atom stereocenters. The molecule has 240 valence electrons. The van der Waals surface area contributed by atoms with Crippen LogP contribution in [0.2, 0.25) is 0 Å². The zero-order valence-electron chi connectivity index (χ0n) is 26.1. The van der Waals surface area contributed by atoms with Gasteiger partial charge in [0.1, 0.15) is 18.7 Å². The zero-order chi connectivity index (χ0) is 31.9. The molecule has 5 amide bonds. The molecule has 0 spiro atoms. The van der Waals surface area contributed by atoms with Gasteiger partial charge in [-0.25, -0.2) is 9.59 Å². The van der Waals surface area contributed by atoms with E-state index >= 15 is 0 Å². The molecule has 4 fully saturated rings. The van der Waals surface area contributed by atoms with Crippen molar-refractivity contribution < 1.29 is 38.2 Å². The van der Waals surface area contributed by atoms with Crippen molar-refractivity contribution in [2.24, 2.45) is 40.2 Å². The number of urea groups is 1. The third kappa shape index (κ3) is 7.23. The number of ketones is 1. The van der Waals surface area contributed by atoms with Crippen LogP contribution in [0.25, 0.3) is 0 Å². The number of nitrogens with one attached hydrogen (secondary N) is 3. The number of fused-ring (bicyclic) bond motifs is 1. The summed E-state index contributed by atoms with van der Waals surface area (Å²) in [6.45, 7) is 9.85. The van der Waals surface area contributed by atoms with Crippen LogP contribution in [0, 0.1) is 34.5 Å². The molecule has 0 radical (unpaired) electrons. The Morgan fingerprint density at radius 2 is 1.65 bits per heavy atom. The van der Waals surface area contributed by atoms with Gasteiger partial charge in [0.2, 0.25) is 17.6 Å². The normalized spacial score (nSPS) is 26.1. The van der Waals surface area contributed by atoms with E-state index in [4.69, 9.17) is 10.5 Å². The quantitative estimate of drug-likeness (QED) is 0.190. The van der Waals surface area contributed by atoms with E-state index in [9.17, 15) is 28.8 Å². The van der Waals surface area contributed by atoms with Crippen molar-refractivity contribution in [2.75, 3.05) is 20.3 Å². The Hall–Kier alpha value is -3.38. The average molecular weight is 606 g/mol. The lowest BCUT2D eigenvalue weighted by atomic mass is 9.80. The minimum atomic E-state index is -1.10. The number of carbonyl (C=O) groups excluding carboxylic acids is 6. The molecule has 0 aromatic rings. The van der Waals surface area contributed by atoms with Gasteiger partial charge in [0, 0.05) is 6.54 Å². The molecule has 1 heterocycles. The van der Waals surface area contributed by atoms with E-state index in [0.717, 1.165) is 32.1 Å². The Morgan fingerprint density at radius 1 is 1.00 bits per heavy atom. The molecule has 0 aromatic heterocycles. The Labute approximate surface area is 252 Å². The second-order valence-corrected chi connectivity index (χ2v) is 14.3. The number of nitrogens with two attached hydrogens (primary N) is 1. The number of ether oxygens (including phenoxy) is 2. The molecule has 0 aromatic carbocycles. The van der Waals surface area contributed by atoms with Gasteiger partial charge in [-0.3, -0.25) is 19.2 Å². The Balaban J connectivity index is 1.49. The van der Waals surface area contributed by atoms with Gasteiger partial charge in [-0.15, -0.1) is 0 Å². The monoisotopic (exact) mass is 605 g/mol. The summed E-state index contributed by atoms with van der Waals surface area (Å²) in [7, 11) is 1.21. The molecule has 3 saturated carbocycles. The molecule has 4 aliphatic rings. The molecule has 43 heavy (non-hydrogen) atoms. The van der Waals surface area contributed by atoms with E-state index in [1.54, 1.807) is 0 Å². The van der Waals surface area contributed by atoms with E-state index < -0.39 is 65.3 Å². The van der Waals surface area contributed by atoms with Crippen LogP contribution in [0.15, 0.2) is 0 Å². The van der Waals surface area contributed by atoms with Crippen LogP contribution in [-0.4, -0.2) is 85.0 Å². The standard InChI is InChI=1S/C30H47N5O8/c1-29(2,3)23(34-27(40)33-19(16-8-7-9-16)14-43-28(41)42-6)26(39)35-13-17-20(30(17,4)5)21(35)25(38)32-18(12-15-10-11-15)22(36)24(31)37/h15-21,23H,7-14H2,1-6H3,(H2,31,37)(H,32,38)(H2,33,34,40)/t17-,18?,19+,20-,21?,23?/m0/s1. The van der Waals surface area contributed by atoms with Crippen LogP contribution in [0.3, 0.4) is 0 Å². The topological polar surface area (TPSA) is 186 Å². The van der Waals surface area contributed by atoms with Crippen LogP contribution in [-0.2, 0) is 28.7 Å². The first-order chi connectivity index (χ1) is 20.1. The molecular formula is C30H47N5O8. The minimum Gasteiger partial charge on any atom is -0.438 e. The molecule has 5 N–H and O–H groups in total. The number of rotatable bonds is 12. The Kier molecular flexibility index (Phi) is 9.32. The summed E-state index contributed by atoms with van der Waals surface area (Å²) >= 11 is 0. The van der Waals surface area contributed by atoms with Crippen molar-refractivity contribution in [1.82, 2.24) is 20.9 Å². The third-order valence-electron chi connectivity index (χ3n) is 9.87. The number of hydrogen-bond acceptors (Lipinski definition) is 8. The summed E-state index contributed by atoms with van der Waals surface area (Å²) < 4.78 is 9.65. The van der Waals surface area contributed by atoms with E-state index in [2.05, 4.69) is 20.7 Å². The molecule has 3 aliphatic carbocycles. The van der Waals surface area contributed by atoms with E-state index in [-0.39, 0.29) is 35.7 Å². The fourth-order valence-electron chi connectivity index (χ4n) is 6.67. The van der Waals surface area contributed by atoms with Crippen LogP contribution in [0.5, 0.6) is 0 Å². The summed E-state index contributed by atoms with van der Waals surface area (Å²) in [5.74, 6) is -2.52. The van der Waals surface area contributed by atoms with E-state index in [1.165, 1.54) is 12.0 Å². The van der Waals surface area contributed by atoms with Crippen LogP contribution in [0.4, 0.5) is 9.59 Å². The number of nitrogens with zero attached hydrogens (tertiary/aromatic N) is 1. The lowest BCUT2D eigenvalue weighted by molar-refractivity contribution is -0.145. The zero-order valence-corrected chi connectivity index (χ0v) is 26.1. The number of likely N-dealkylation sites (tertiary alicyclic amines) is 1.